The van der Waals surface area contributed by atoms with Crippen LogP contribution in [0.2, 0.25) is 0 Å². The predicted molar refractivity (Wildman–Crippen MR) is 143 cm³/mol. The summed E-state index contributed by atoms with van der Waals surface area (Å²) in [6.07, 6.45) is 0.474. The van der Waals surface area contributed by atoms with E-state index in [1.54, 1.807) is 6.92 Å². The van der Waals surface area contributed by atoms with E-state index in [1.165, 1.54) is 4.90 Å². The first-order valence-electron chi connectivity index (χ1n) is 13.4. The summed E-state index contributed by atoms with van der Waals surface area (Å²) in [5, 5.41) is 16.1. The van der Waals surface area contributed by atoms with E-state index in [0.29, 0.717) is 18.7 Å². The molecule has 3 aliphatic rings. The van der Waals surface area contributed by atoms with Gasteiger partial charge in [-0.05, 0) is 56.7 Å². The maximum Gasteiger partial charge on any atom is 0.250 e. The lowest BCUT2D eigenvalue weighted by Gasteiger charge is -2.36. The molecule has 3 fully saturated rings. The third-order valence-electron chi connectivity index (χ3n) is 9.06. The standard InChI is InChI=1S/C30H37N3O5/c1-17-10-9-11-18(2)24(17)32-27(36)25-30-14-19(3)29(5,38-30)22(23(30)28(37)33(25)20(4)16-34)26(35)31-15-21-12-7-6-8-13-21/h6-13,19-20,22-23,25,34H,14-16H2,1-5H3,(H,31,35)(H,32,36)/t19?,20-,22-,23+,25?,29+,30?/m1/s1. The van der Waals surface area contributed by atoms with Crippen molar-refractivity contribution in [3.8, 4) is 0 Å². The van der Waals surface area contributed by atoms with Crippen LogP contribution in [0.25, 0.3) is 0 Å². The summed E-state index contributed by atoms with van der Waals surface area (Å²) in [5.74, 6) is -2.56. The highest BCUT2D eigenvalue weighted by molar-refractivity contribution is 6.04. The number of aryl methyl sites for hydroxylation is 2. The fraction of sp³-hybridized carbons (Fsp3) is 0.500. The molecule has 38 heavy (non-hydrogen) atoms. The number of nitrogens with one attached hydrogen (secondary N) is 2. The van der Waals surface area contributed by atoms with Crippen molar-refractivity contribution in [2.45, 2.75) is 70.9 Å². The summed E-state index contributed by atoms with van der Waals surface area (Å²) in [5.41, 5.74) is 1.42. The van der Waals surface area contributed by atoms with Gasteiger partial charge in [0.05, 0.1) is 30.1 Å². The van der Waals surface area contributed by atoms with Crippen LogP contribution >= 0.6 is 0 Å². The fourth-order valence-electron chi connectivity index (χ4n) is 7.04. The van der Waals surface area contributed by atoms with Gasteiger partial charge in [-0.25, -0.2) is 0 Å². The van der Waals surface area contributed by atoms with Gasteiger partial charge >= 0.3 is 0 Å². The van der Waals surface area contributed by atoms with Crippen molar-refractivity contribution in [1.82, 2.24) is 10.2 Å². The van der Waals surface area contributed by atoms with Gasteiger partial charge in [-0.1, -0.05) is 55.5 Å². The van der Waals surface area contributed by atoms with Crippen LogP contribution in [0.3, 0.4) is 0 Å². The number of carbonyl (C=O) groups is 3. The van der Waals surface area contributed by atoms with Gasteiger partial charge in [0.25, 0.3) is 0 Å². The van der Waals surface area contributed by atoms with E-state index in [4.69, 9.17) is 4.74 Å². The lowest BCUT2D eigenvalue weighted by atomic mass is 9.62. The lowest BCUT2D eigenvalue weighted by Crippen LogP contribution is -2.56. The molecule has 3 aliphatic heterocycles. The summed E-state index contributed by atoms with van der Waals surface area (Å²) in [4.78, 5) is 43.3. The number of benzene rings is 2. The maximum atomic E-state index is 14.1. The van der Waals surface area contributed by atoms with Gasteiger partial charge in [-0.2, -0.15) is 0 Å². The number of aliphatic hydroxyl groups excluding tert-OH is 1. The zero-order valence-corrected chi connectivity index (χ0v) is 22.7. The molecule has 2 aromatic rings. The van der Waals surface area contributed by atoms with Gasteiger partial charge in [-0.3, -0.25) is 14.4 Å². The Morgan fingerprint density at radius 3 is 2.39 bits per heavy atom. The van der Waals surface area contributed by atoms with E-state index in [2.05, 4.69) is 10.6 Å². The molecule has 1 spiro atoms. The summed E-state index contributed by atoms with van der Waals surface area (Å²) in [7, 11) is 0. The van der Waals surface area contributed by atoms with E-state index in [-0.39, 0.29) is 30.2 Å². The Kier molecular flexibility index (Phi) is 6.60. The van der Waals surface area contributed by atoms with E-state index in [0.717, 1.165) is 16.7 Å². The number of carbonyl (C=O) groups excluding carboxylic acids is 3. The SMILES string of the molecule is Cc1cccc(C)c1NC(=O)C1N([C@H](C)CO)C(=O)[C@@H]2[C@H](C(=O)NCc3ccccc3)[C@@]3(C)OC12CC3C. The normalized spacial score (nSPS) is 32.3. The zero-order valence-electron chi connectivity index (χ0n) is 22.7. The van der Waals surface area contributed by atoms with E-state index < -0.39 is 35.1 Å². The minimum absolute atomic E-state index is 0.0566. The van der Waals surface area contributed by atoms with Gasteiger partial charge in [-0.15, -0.1) is 0 Å². The molecular weight excluding hydrogens is 482 g/mol. The highest BCUT2D eigenvalue weighted by atomic mass is 16.5. The lowest BCUT2D eigenvalue weighted by molar-refractivity contribution is -0.148. The monoisotopic (exact) mass is 519 g/mol. The molecule has 0 aromatic heterocycles. The molecule has 2 bridgehead atoms. The van der Waals surface area contributed by atoms with Crippen LogP contribution < -0.4 is 10.6 Å². The first-order chi connectivity index (χ1) is 18.0. The van der Waals surface area contributed by atoms with Crippen LogP contribution in [0.5, 0.6) is 0 Å². The molecule has 3 saturated heterocycles. The minimum atomic E-state index is -1.16. The van der Waals surface area contributed by atoms with Crippen LogP contribution in [0.4, 0.5) is 5.69 Å². The number of amides is 3. The largest absolute Gasteiger partial charge is 0.394 e. The molecule has 0 aliphatic carbocycles. The summed E-state index contributed by atoms with van der Waals surface area (Å²) in [6, 6.07) is 13.8. The molecule has 3 amide bonds. The molecular formula is C30H37N3O5. The number of hydrogen-bond acceptors (Lipinski definition) is 5. The van der Waals surface area contributed by atoms with Gasteiger partial charge in [0.1, 0.15) is 11.6 Å². The third kappa shape index (κ3) is 3.84. The highest BCUT2D eigenvalue weighted by Crippen LogP contribution is 2.65. The second-order valence-corrected chi connectivity index (χ2v) is 11.4. The molecule has 8 heteroatoms. The van der Waals surface area contributed by atoms with Crippen molar-refractivity contribution in [3.63, 3.8) is 0 Å². The molecule has 202 valence electrons. The molecule has 3 N–H and O–H groups in total. The van der Waals surface area contributed by atoms with Gasteiger partial charge in [0.15, 0.2) is 0 Å². The number of ether oxygens (including phenoxy) is 1. The Bertz CT molecular complexity index is 1250. The number of anilines is 1. The molecule has 7 atom stereocenters. The average molecular weight is 520 g/mol. The fourth-order valence-corrected chi connectivity index (χ4v) is 7.04. The van der Waals surface area contributed by atoms with Crippen LogP contribution in [-0.4, -0.2) is 57.6 Å². The molecule has 8 nitrogen and oxygen atoms in total. The average Bonchev–Trinajstić information content (AvgIpc) is 3.41. The van der Waals surface area contributed by atoms with Gasteiger partial charge in [0, 0.05) is 12.2 Å². The Morgan fingerprint density at radius 2 is 1.76 bits per heavy atom. The number of rotatable bonds is 7. The number of aliphatic hydroxyl groups is 1. The van der Waals surface area contributed by atoms with Crippen molar-refractivity contribution in [2.24, 2.45) is 17.8 Å². The van der Waals surface area contributed by atoms with Gasteiger partial charge < -0.3 is 25.4 Å². The van der Waals surface area contributed by atoms with Crippen LogP contribution in [0.1, 0.15) is 43.9 Å². The number of likely N-dealkylation sites (tertiary alicyclic amines) is 1. The van der Waals surface area contributed by atoms with Gasteiger partial charge in [0.2, 0.25) is 17.7 Å². The number of hydrogen-bond donors (Lipinski definition) is 3. The summed E-state index contributed by atoms with van der Waals surface area (Å²) >= 11 is 0. The topological polar surface area (TPSA) is 108 Å². The highest BCUT2D eigenvalue weighted by Gasteiger charge is 2.80. The molecule has 0 saturated carbocycles. The summed E-state index contributed by atoms with van der Waals surface area (Å²) in [6.45, 7) is 9.51. The Labute approximate surface area is 223 Å². The van der Waals surface area contributed by atoms with E-state index in [9.17, 15) is 19.5 Å². The molecule has 0 radical (unpaired) electrons. The van der Waals surface area contributed by atoms with E-state index >= 15 is 0 Å². The molecule has 2 aromatic carbocycles. The first kappa shape index (κ1) is 26.4. The zero-order chi connectivity index (χ0) is 27.4. The molecule has 5 rings (SSSR count). The van der Waals surface area contributed by atoms with Crippen LogP contribution in [0.15, 0.2) is 48.5 Å². The number of nitrogens with zero attached hydrogens (tertiary/aromatic N) is 1. The van der Waals surface area contributed by atoms with Crippen molar-refractivity contribution >= 4 is 23.4 Å². The smallest absolute Gasteiger partial charge is 0.250 e. The maximum absolute atomic E-state index is 14.1. The quantitative estimate of drug-likeness (QED) is 0.521. The Morgan fingerprint density at radius 1 is 1.11 bits per heavy atom. The first-order valence-corrected chi connectivity index (χ1v) is 13.4. The van der Waals surface area contributed by atoms with Crippen molar-refractivity contribution < 1.29 is 24.2 Å². The predicted octanol–water partition coefficient (Wildman–Crippen LogP) is 2.95. The number of para-hydroxylation sites is 1. The molecule has 3 heterocycles. The second-order valence-electron chi connectivity index (χ2n) is 11.4. The Hall–Kier alpha value is -3.23. The number of fused-ring (bicyclic) bond motifs is 1. The van der Waals surface area contributed by atoms with Crippen molar-refractivity contribution in [2.75, 3.05) is 11.9 Å². The second kappa shape index (κ2) is 9.50. The van der Waals surface area contributed by atoms with Crippen LogP contribution in [0, 0.1) is 31.6 Å². The Balaban J connectivity index is 1.52. The third-order valence-corrected chi connectivity index (χ3v) is 9.06. The van der Waals surface area contributed by atoms with Crippen molar-refractivity contribution in [3.05, 3.63) is 65.2 Å². The minimum Gasteiger partial charge on any atom is -0.394 e. The van der Waals surface area contributed by atoms with Crippen LogP contribution in [-0.2, 0) is 25.7 Å². The molecule has 3 unspecified atom stereocenters. The van der Waals surface area contributed by atoms with Crippen molar-refractivity contribution in [1.29, 1.82) is 0 Å². The van der Waals surface area contributed by atoms with E-state index in [1.807, 2.05) is 76.2 Å². The summed E-state index contributed by atoms with van der Waals surface area (Å²) < 4.78 is 6.73.